The van der Waals surface area contributed by atoms with E-state index in [0.717, 1.165) is 12.1 Å². The van der Waals surface area contributed by atoms with Crippen molar-refractivity contribution in [1.29, 1.82) is 0 Å². The van der Waals surface area contributed by atoms with E-state index in [1.54, 1.807) is 13.0 Å². The monoisotopic (exact) mass is 484 g/mol. The van der Waals surface area contributed by atoms with Gasteiger partial charge in [0.05, 0.1) is 12.1 Å². The minimum absolute atomic E-state index is 0.0344. The summed E-state index contributed by atoms with van der Waals surface area (Å²) in [5.41, 5.74) is -0.00937. The van der Waals surface area contributed by atoms with Gasteiger partial charge in [0.15, 0.2) is 0 Å². The van der Waals surface area contributed by atoms with E-state index < -0.39 is 27.6 Å². The van der Waals surface area contributed by atoms with Gasteiger partial charge in [-0.1, -0.05) is 23.4 Å². The number of rotatable bonds is 5. The van der Waals surface area contributed by atoms with E-state index in [1.165, 1.54) is 28.6 Å². The zero-order valence-electron chi connectivity index (χ0n) is 17.5. The molecule has 1 aliphatic heterocycles. The number of alkyl halides is 3. The van der Waals surface area contributed by atoms with Gasteiger partial charge in [0.1, 0.15) is 10.7 Å². The van der Waals surface area contributed by atoms with E-state index in [4.69, 9.17) is 4.52 Å². The van der Waals surface area contributed by atoms with E-state index in [2.05, 4.69) is 10.1 Å². The summed E-state index contributed by atoms with van der Waals surface area (Å²) in [6.07, 6.45) is -4.48. The van der Waals surface area contributed by atoms with Crippen LogP contribution >= 0.6 is 0 Å². The number of hydrogen-bond donors (Lipinski definition) is 0. The maximum Gasteiger partial charge on any atom is 0.416 e. The summed E-state index contributed by atoms with van der Waals surface area (Å²) in [7, 11) is -3.97. The van der Waals surface area contributed by atoms with E-state index in [0.29, 0.717) is 18.7 Å². The van der Waals surface area contributed by atoms with Crippen molar-refractivity contribution in [3.05, 3.63) is 65.3 Å². The first-order chi connectivity index (χ1) is 15.5. The Morgan fingerprint density at radius 1 is 1.06 bits per heavy atom. The molecule has 0 atom stereocenters. The first kappa shape index (κ1) is 23.3. The molecule has 0 spiro atoms. The molecule has 1 aromatic heterocycles. The maximum atomic E-state index is 14.2. The molecule has 1 fully saturated rings. The van der Waals surface area contributed by atoms with Gasteiger partial charge in [-0.15, -0.1) is 0 Å². The quantitative estimate of drug-likeness (QED) is 0.514. The Bertz CT molecular complexity index is 1250. The molecule has 0 bridgehead atoms. The van der Waals surface area contributed by atoms with Crippen LogP contribution in [0.25, 0.3) is 11.4 Å². The molecule has 12 heteroatoms. The number of aryl methyl sites for hydroxylation is 1. The van der Waals surface area contributed by atoms with Crippen molar-refractivity contribution in [2.24, 2.45) is 0 Å². The summed E-state index contributed by atoms with van der Waals surface area (Å²) in [4.78, 5) is 5.68. The molecule has 2 aromatic carbocycles. The molecular formula is C21H20F4N4O3S. The topological polar surface area (TPSA) is 79.5 Å². The zero-order valence-corrected chi connectivity index (χ0v) is 18.3. The van der Waals surface area contributed by atoms with Gasteiger partial charge in [-0.2, -0.15) is 22.5 Å². The summed E-state index contributed by atoms with van der Waals surface area (Å²) >= 11 is 0. The highest BCUT2D eigenvalue weighted by molar-refractivity contribution is 7.89. The molecule has 33 heavy (non-hydrogen) atoms. The Labute approximate surface area is 187 Å². The second-order valence-corrected chi connectivity index (χ2v) is 9.61. The molecule has 0 saturated carbocycles. The number of aromatic nitrogens is 2. The van der Waals surface area contributed by atoms with Crippen molar-refractivity contribution in [1.82, 2.24) is 19.3 Å². The van der Waals surface area contributed by atoms with Gasteiger partial charge in [-0.3, -0.25) is 4.90 Å². The largest absolute Gasteiger partial charge is 0.416 e. The van der Waals surface area contributed by atoms with Crippen molar-refractivity contribution in [3.63, 3.8) is 0 Å². The van der Waals surface area contributed by atoms with Crippen molar-refractivity contribution in [2.45, 2.75) is 24.5 Å². The summed E-state index contributed by atoms with van der Waals surface area (Å²) in [5, 5.41) is 3.76. The van der Waals surface area contributed by atoms with Crippen molar-refractivity contribution >= 4 is 10.0 Å². The smallest absolute Gasteiger partial charge is 0.338 e. The lowest BCUT2D eigenvalue weighted by Crippen LogP contribution is -2.48. The average molecular weight is 484 g/mol. The van der Waals surface area contributed by atoms with Gasteiger partial charge in [0.25, 0.3) is 0 Å². The summed E-state index contributed by atoms with van der Waals surface area (Å²) < 4.78 is 84.9. The van der Waals surface area contributed by atoms with Crippen molar-refractivity contribution in [3.8, 4) is 11.4 Å². The number of benzene rings is 2. The second-order valence-electron chi connectivity index (χ2n) is 7.70. The SMILES string of the molecule is Cc1ccc(S(=O)(=O)N2CCN(Cc3nc(-c4cccc(C(F)(F)F)c4)no3)CC2)c(F)c1. The first-order valence-electron chi connectivity index (χ1n) is 10.0. The van der Waals surface area contributed by atoms with Crippen LogP contribution in [0.5, 0.6) is 0 Å². The molecular weight excluding hydrogens is 464 g/mol. The lowest BCUT2D eigenvalue weighted by molar-refractivity contribution is -0.137. The van der Waals surface area contributed by atoms with Crippen LogP contribution in [0.3, 0.4) is 0 Å². The Kier molecular flexibility index (Phi) is 6.25. The van der Waals surface area contributed by atoms with Crippen LogP contribution in [0.1, 0.15) is 17.0 Å². The van der Waals surface area contributed by atoms with Crippen LogP contribution in [0, 0.1) is 12.7 Å². The molecule has 0 amide bonds. The fraction of sp³-hybridized carbons (Fsp3) is 0.333. The molecule has 1 aliphatic rings. The molecule has 4 rings (SSSR count). The fourth-order valence-corrected chi connectivity index (χ4v) is 5.01. The second kappa shape index (κ2) is 8.84. The summed E-state index contributed by atoms with van der Waals surface area (Å²) in [6.45, 7) is 2.85. The van der Waals surface area contributed by atoms with Crippen LogP contribution in [0.15, 0.2) is 51.9 Å². The van der Waals surface area contributed by atoms with Gasteiger partial charge < -0.3 is 4.52 Å². The Hall–Kier alpha value is -2.83. The minimum atomic E-state index is -4.48. The van der Waals surface area contributed by atoms with Gasteiger partial charge >= 0.3 is 6.18 Å². The highest BCUT2D eigenvalue weighted by Crippen LogP contribution is 2.31. The van der Waals surface area contributed by atoms with E-state index in [9.17, 15) is 26.0 Å². The molecule has 0 unspecified atom stereocenters. The summed E-state index contributed by atoms with van der Waals surface area (Å²) in [5.74, 6) is -0.555. The van der Waals surface area contributed by atoms with Crippen LogP contribution in [-0.2, 0) is 22.7 Å². The van der Waals surface area contributed by atoms with Crippen LogP contribution in [0.2, 0.25) is 0 Å². The summed E-state index contributed by atoms with van der Waals surface area (Å²) in [6, 6.07) is 8.62. The molecule has 0 aliphatic carbocycles. The van der Waals surface area contributed by atoms with Crippen molar-refractivity contribution < 1.29 is 30.5 Å². The molecule has 0 N–H and O–H groups in total. The number of halogens is 4. The number of sulfonamides is 1. The minimum Gasteiger partial charge on any atom is -0.338 e. The average Bonchev–Trinajstić information content (AvgIpc) is 3.22. The fourth-order valence-electron chi connectivity index (χ4n) is 3.54. The lowest BCUT2D eigenvalue weighted by Gasteiger charge is -2.33. The highest BCUT2D eigenvalue weighted by atomic mass is 32.2. The number of nitrogens with zero attached hydrogens (tertiary/aromatic N) is 4. The maximum absolute atomic E-state index is 14.2. The molecule has 176 valence electrons. The Morgan fingerprint density at radius 3 is 2.45 bits per heavy atom. The normalized spacial score (nSPS) is 16.3. The van der Waals surface area contributed by atoms with Crippen LogP contribution in [0.4, 0.5) is 17.6 Å². The molecule has 2 heterocycles. The zero-order chi connectivity index (χ0) is 23.8. The molecule has 0 radical (unpaired) electrons. The van der Waals surface area contributed by atoms with Gasteiger partial charge in [-0.25, -0.2) is 12.8 Å². The van der Waals surface area contributed by atoms with E-state index in [1.807, 2.05) is 4.90 Å². The van der Waals surface area contributed by atoms with Crippen LogP contribution < -0.4 is 0 Å². The molecule has 1 saturated heterocycles. The Balaban J connectivity index is 1.40. The predicted molar refractivity (Wildman–Crippen MR) is 110 cm³/mol. The third-order valence-corrected chi connectivity index (χ3v) is 7.24. The first-order valence-corrected chi connectivity index (χ1v) is 11.5. The van der Waals surface area contributed by atoms with Gasteiger partial charge in [0.2, 0.25) is 21.7 Å². The van der Waals surface area contributed by atoms with Crippen molar-refractivity contribution in [2.75, 3.05) is 26.2 Å². The number of piperazine rings is 1. The number of hydrogen-bond acceptors (Lipinski definition) is 6. The molecule has 7 nitrogen and oxygen atoms in total. The van der Waals surface area contributed by atoms with Gasteiger partial charge in [0, 0.05) is 31.7 Å². The van der Waals surface area contributed by atoms with E-state index in [-0.39, 0.29) is 41.8 Å². The standard InChI is InChI=1S/C21H20F4N4O3S/c1-14-5-6-18(17(22)11-14)33(30,31)29-9-7-28(8-10-29)13-19-26-20(27-32-19)15-3-2-4-16(12-15)21(23,24)25/h2-6,11-12H,7-10,13H2,1H3. The predicted octanol–water partition coefficient (Wildman–Crippen LogP) is 3.71. The molecule has 3 aromatic rings. The van der Waals surface area contributed by atoms with E-state index >= 15 is 0 Å². The van der Waals surface area contributed by atoms with Gasteiger partial charge in [-0.05, 0) is 36.8 Å². The Morgan fingerprint density at radius 2 is 1.79 bits per heavy atom. The van der Waals surface area contributed by atoms with Crippen LogP contribution in [-0.4, -0.2) is 53.9 Å². The highest BCUT2D eigenvalue weighted by Gasteiger charge is 2.32. The third kappa shape index (κ3) is 5.07. The third-order valence-electron chi connectivity index (χ3n) is 5.31. The lowest BCUT2D eigenvalue weighted by atomic mass is 10.1.